The van der Waals surface area contributed by atoms with E-state index < -0.39 is 12.2 Å². The zero-order valence-corrected chi connectivity index (χ0v) is 12.1. The molecule has 3 nitrogen and oxygen atoms in total. The van der Waals surface area contributed by atoms with Gasteiger partial charge in [-0.3, -0.25) is 0 Å². The number of phenolic OH excluding ortho intramolecular Hbond substituents is 1. The maximum absolute atomic E-state index is 10.3. The van der Waals surface area contributed by atoms with Crippen molar-refractivity contribution in [3.63, 3.8) is 0 Å². The van der Waals surface area contributed by atoms with Gasteiger partial charge in [0.2, 0.25) is 0 Å². The van der Waals surface area contributed by atoms with E-state index in [9.17, 15) is 15.3 Å². The van der Waals surface area contributed by atoms with Crippen LogP contribution >= 0.6 is 0 Å². The third-order valence-corrected chi connectivity index (χ3v) is 5.75. The Morgan fingerprint density at radius 1 is 1.14 bits per heavy atom. The van der Waals surface area contributed by atoms with E-state index in [0.717, 1.165) is 18.2 Å². The van der Waals surface area contributed by atoms with Crippen molar-refractivity contribution in [2.75, 3.05) is 0 Å². The van der Waals surface area contributed by atoms with Gasteiger partial charge in [0.05, 0.1) is 12.2 Å². The second kappa shape index (κ2) is 4.21. The van der Waals surface area contributed by atoms with Gasteiger partial charge in [0.25, 0.3) is 0 Å². The molecule has 4 atom stereocenters. The van der Waals surface area contributed by atoms with Gasteiger partial charge in [-0.2, -0.15) is 0 Å². The van der Waals surface area contributed by atoms with Crippen molar-refractivity contribution in [3.05, 3.63) is 41.5 Å². The van der Waals surface area contributed by atoms with Gasteiger partial charge in [-0.05, 0) is 59.2 Å². The fourth-order valence-corrected chi connectivity index (χ4v) is 4.49. The molecule has 2 aliphatic carbocycles. The molecule has 0 radical (unpaired) electrons. The summed E-state index contributed by atoms with van der Waals surface area (Å²) in [4.78, 5) is 0. The molecule has 0 aliphatic heterocycles. The fourth-order valence-electron chi connectivity index (χ4n) is 4.49. The number of rotatable bonds is 0. The maximum atomic E-state index is 10.3. The first kappa shape index (κ1) is 13.1. The number of aryl methyl sites for hydroxylation is 1. The third-order valence-electron chi connectivity index (χ3n) is 5.75. The summed E-state index contributed by atoms with van der Waals surface area (Å²) in [6.45, 7) is 2.10. The molecule has 0 saturated heterocycles. The van der Waals surface area contributed by atoms with Crippen LogP contribution in [0.4, 0.5) is 0 Å². The molecule has 2 aromatic carbocycles. The van der Waals surface area contributed by atoms with Gasteiger partial charge >= 0.3 is 0 Å². The molecule has 1 saturated carbocycles. The highest BCUT2D eigenvalue weighted by Crippen LogP contribution is 2.56. The molecule has 0 bridgehead atoms. The number of hydrogen-bond acceptors (Lipinski definition) is 3. The molecule has 0 unspecified atom stereocenters. The number of aromatic hydroxyl groups is 1. The lowest BCUT2D eigenvalue weighted by Gasteiger charge is -2.40. The number of benzene rings is 2. The fraction of sp³-hybridized carbons (Fsp3) is 0.444. The molecule has 21 heavy (non-hydrogen) atoms. The number of phenols is 1. The van der Waals surface area contributed by atoms with E-state index in [1.807, 2.05) is 12.1 Å². The van der Waals surface area contributed by atoms with Crippen LogP contribution in [0.3, 0.4) is 0 Å². The topological polar surface area (TPSA) is 60.7 Å². The van der Waals surface area contributed by atoms with Crippen molar-refractivity contribution in [2.45, 2.75) is 44.3 Å². The van der Waals surface area contributed by atoms with Gasteiger partial charge in [0.1, 0.15) is 5.75 Å². The van der Waals surface area contributed by atoms with Crippen LogP contribution in [0.15, 0.2) is 30.3 Å². The van der Waals surface area contributed by atoms with Crippen LogP contribution in [0.5, 0.6) is 5.75 Å². The van der Waals surface area contributed by atoms with Gasteiger partial charge in [0.15, 0.2) is 0 Å². The monoisotopic (exact) mass is 284 g/mol. The molecule has 2 aromatic rings. The van der Waals surface area contributed by atoms with E-state index in [1.165, 1.54) is 16.5 Å². The van der Waals surface area contributed by atoms with E-state index in [-0.39, 0.29) is 17.1 Å². The quantitative estimate of drug-likeness (QED) is 0.697. The maximum Gasteiger partial charge on any atom is 0.116 e. The second-order valence-electron chi connectivity index (χ2n) is 6.85. The minimum absolute atomic E-state index is 0.212. The summed E-state index contributed by atoms with van der Waals surface area (Å²) in [5.74, 6) is 0.499. The average Bonchev–Trinajstić information content (AvgIpc) is 2.70. The molecule has 0 spiro atoms. The largest absolute Gasteiger partial charge is 0.508 e. The number of hydrogen-bond donors (Lipinski definition) is 3. The summed E-state index contributed by atoms with van der Waals surface area (Å²) >= 11 is 0. The Morgan fingerprint density at radius 2 is 1.95 bits per heavy atom. The molecule has 2 aliphatic rings. The zero-order valence-electron chi connectivity index (χ0n) is 12.1. The van der Waals surface area contributed by atoms with E-state index in [4.69, 9.17) is 0 Å². The third kappa shape index (κ3) is 1.68. The Hall–Kier alpha value is -1.58. The Morgan fingerprint density at radius 3 is 2.76 bits per heavy atom. The average molecular weight is 284 g/mol. The summed E-state index contributed by atoms with van der Waals surface area (Å²) in [5, 5.41) is 32.3. The minimum Gasteiger partial charge on any atom is -0.508 e. The Kier molecular flexibility index (Phi) is 2.63. The van der Waals surface area contributed by atoms with Gasteiger partial charge in [0, 0.05) is 5.41 Å². The van der Waals surface area contributed by atoms with Crippen LogP contribution in [0.2, 0.25) is 0 Å². The predicted molar refractivity (Wildman–Crippen MR) is 81.4 cm³/mol. The Balaban J connectivity index is 1.91. The highest BCUT2D eigenvalue weighted by atomic mass is 16.3. The summed E-state index contributed by atoms with van der Waals surface area (Å²) in [6, 6.07) is 9.66. The Labute approximate surface area is 123 Å². The number of aliphatic hydroxyl groups excluding tert-OH is 2. The highest BCUT2D eigenvalue weighted by molar-refractivity contribution is 5.88. The van der Waals surface area contributed by atoms with Gasteiger partial charge in [-0.25, -0.2) is 0 Å². The molecule has 3 N–H and O–H groups in total. The predicted octanol–water partition coefficient (Wildman–Crippen LogP) is 2.71. The first-order valence-corrected chi connectivity index (χ1v) is 7.61. The lowest BCUT2D eigenvalue weighted by Crippen LogP contribution is -2.38. The first-order valence-electron chi connectivity index (χ1n) is 7.61. The van der Waals surface area contributed by atoms with Crippen LogP contribution in [0, 0.1) is 5.41 Å². The lowest BCUT2D eigenvalue weighted by molar-refractivity contribution is -0.0216. The molecule has 3 heteroatoms. The molecule has 1 fully saturated rings. The SMILES string of the molecule is C[C@]12CCc3c(ccc4cc(O)ccc34)[C@@H]1C[C@H](O)[C@@H]2O. The minimum atomic E-state index is -0.633. The lowest BCUT2D eigenvalue weighted by atomic mass is 9.65. The smallest absolute Gasteiger partial charge is 0.116 e. The number of aliphatic hydroxyl groups is 2. The van der Waals surface area contributed by atoms with Crippen molar-refractivity contribution in [2.24, 2.45) is 5.41 Å². The van der Waals surface area contributed by atoms with E-state index >= 15 is 0 Å². The van der Waals surface area contributed by atoms with E-state index in [1.54, 1.807) is 12.1 Å². The van der Waals surface area contributed by atoms with Crippen molar-refractivity contribution in [1.82, 2.24) is 0 Å². The molecule has 4 rings (SSSR count). The normalized spacial score (nSPS) is 34.7. The van der Waals surface area contributed by atoms with Gasteiger partial charge in [-0.1, -0.05) is 25.1 Å². The van der Waals surface area contributed by atoms with Crippen LogP contribution in [-0.4, -0.2) is 27.5 Å². The molecule has 110 valence electrons. The van der Waals surface area contributed by atoms with Gasteiger partial charge < -0.3 is 15.3 Å². The molecular formula is C18H20O3. The molecule has 0 amide bonds. The standard InChI is InChI=1S/C18H20O3/c1-18-7-6-13-12-5-3-11(19)8-10(12)2-4-14(13)15(18)9-16(20)17(18)21/h2-5,8,15-17,19-21H,6-7,9H2,1H3/t15-,16-,17-,18-/m0/s1. The molecular weight excluding hydrogens is 264 g/mol. The summed E-state index contributed by atoms with van der Waals surface area (Å²) < 4.78 is 0. The second-order valence-corrected chi connectivity index (χ2v) is 6.85. The number of fused-ring (bicyclic) bond motifs is 5. The summed E-state index contributed by atoms with van der Waals surface area (Å²) in [5.41, 5.74) is 2.35. The van der Waals surface area contributed by atoms with Crippen molar-refractivity contribution >= 4 is 10.8 Å². The van der Waals surface area contributed by atoms with Crippen molar-refractivity contribution in [1.29, 1.82) is 0 Å². The Bertz CT molecular complexity index is 724. The van der Waals surface area contributed by atoms with Crippen LogP contribution < -0.4 is 0 Å². The zero-order chi connectivity index (χ0) is 14.8. The van der Waals surface area contributed by atoms with Crippen LogP contribution in [-0.2, 0) is 6.42 Å². The van der Waals surface area contributed by atoms with E-state index in [2.05, 4.69) is 13.0 Å². The molecule has 0 aromatic heterocycles. The van der Waals surface area contributed by atoms with Gasteiger partial charge in [-0.15, -0.1) is 0 Å². The summed E-state index contributed by atoms with van der Waals surface area (Å²) in [6.07, 6.45) is 1.18. The summed E-state index contributed by atoms with van der Waals surface area (Å²) in [7, 11) is 0. The first-order chi connectivity index (χ1) is 10.0. The van der Waals surface area contributed by atoms with Crippen molar-refractivity contribution in [3.8, 4) is 5.75 Å². The van der Waals surface area contributed by atoms with E-state index in [0.29, 0.717) is 6.42 Å². The van der Waals surface area contributed by atoms with Crippen LogP contribution in [0.25, 0.3) is 10.8 Å². The van der Waals surface area contributed by atoms with Crippen molar-refractivity contribution < 1.29 is 15.3 Å². The molecule has 0 heterocycles. The highest BCUT2D eigenvalue weighted by Gasteiger charge is 2.53. The van der Waals surface area contributed by atoms with Crippen LogP contribution in [0.1, 0.15) is 36.8 Å².